The van der Waals surface area contributed by atoms with Crippen molar-refractivity contribution in [3.63, 3.8) is 0 Å². The average molecular weight is 374 g/mol. The summed E-state index contributed by atoms with van der Waals surface area (Å²) >= 11 is 3.51. The van der Waals surface area contributed by atoms with Crippen LogP contribution < -0.4 is 10.2 Å². The summed E-state index contributed by atoms with van der Waals surface area (Å²) in [4.78, 5) is 13.4. The molecule has 116 valence electrons. The molecule has 0 fully saturated rings. The first-order chi connectivity index (χ1) is 11.1. The fraction of sp³-hybridized carbons (Fsp3) is 0.214. The number of rotatable bonds is 3. The number of H-pyrrole nitrogens is 1. The van der Waals surface area contributed by atoms with Crippen LogP contribution in [0.5, 0.6) is 0 Å². The van der Waals surface area contributed by atoms with Gasteiger partial charge in [-0.3, -0.25) is 4.79 Å². The number of aromatic amines is 1. The second kappa shape index (κ2) is 6.18. The molecular formula is C14H12BrN7O. The highest BCUT2D eigenvalue weighted by Crippen LogP contribution is 2.38. The lowest BCUT2D eigenvalue weighted by Gasteiger charge is -2.17. The Morgan fingerprint density at radius 3 is 3.04 bits per heavy atom. The van der Waals surface area contributed by atoms with Gasteiger partial charge in [0.25, 0.3) is 0 Å². The maximum atomic E-state index is 11.7. The van der Waals surface area contributed by atoms with Gasteiger partial charge in [0.05, 0.1) is 5.69 Å². The number of nitrogens with one attached hydrogen (secondary N) is 2. The Balaban J connectivity index is 1.87. The molecule has 0 spiro atoms. The molecule has 1 aliphatic rings. The van der Waals surface area contributed by atoms with Crippen molar-refractivity contribution < 1.29 is 4.79 Å². The third kappa shape index (κ3) is 2.93. The molecule has 0 unspecified atom stereocenters. The number of allylic oxidation sites excluding steroid dienone is 1. The summed E-state index contributed by atoms with van der Waals surface area (Å²) in [6.07, 6.45) is 2.32. The van der Waals surface area contributed by atoms with Gasteiger partial charge < -0.3 is 10.2 Å². The highest BCUT2D eigenvalue weighted by atomic mass is 79.9. The highest BCUT2D eigenvalue weighted by molar-refractivity contribution is 9.10. The third-order valence-electron chi connectivity index (χ3n) is 3.49. The first-order valence-electron chi connectivity index (χ1n) is 6.81. The van der Waals surface area contributed by atoms with E-state index in [-0.39, 0.29) is 17.3 Å². The zero-order valence-electron chi connectivity index (χ0n) is 12.2. The van der Waals surface area contributed by atoms with Crippen LogP contribution in [0.15, 0.2) is 22.8 Å². The number of fused-ring (bicyclic) bond motifs is 1. The number of benzene rings is 1. The van der Waals surface area contributed by atoms with Gasteiger partial charge in [0, 0.05) is 29.8 Å². The molecule has 0 aliphatic carbocycles. The topological polar surface area (TPSA) is 111 Å². The van der Waals surface area contributed by atoms with Gasteiger partial charge in [-0.2, -0.15) is 10.5 Å². The van der Waals surface area contributed by atoms with E-state index in [1.165, 1.54) is 6.20 Å². The number of anilines is 2. The molecule has 1 aliphatic heterocycles. The van der Waals surface area contributed by atoms with Gasteiger partial charge in [0.15, 0.2) is 0 Å². The number of nitriles is 1. The highest BCUT2D eigenvalue weighted by Gasteiger charge is 2.25. The number of carbonyl (C=O) groups is 1. The summed E-state index contributed by atoms with van der Waals surface area (Å²) in [6, 6.07) is 5.84. The van der Waals surface area contributed by atoms with Gasteiger partial charge >= 0.3 is 0 Å². The minimum Gasteiger partial charge on any atom is -0.360 e. The van der Waals surface area contributed by atoms with E-state index in [0.29, 0.717) is 6.54 Å². The normalized spacial score (nSPS) is 13.6. The minimum atomic E-state index is 0.0222. The Bertz CT molecular complexity index is 822. The number of nitrogens with zero attached hydrogens (tertiary/aromatic N) is 5. The van der Waals surface area contributed by atoms with E-state index in [2.05, 4.69) is 41.9 Å². The molecule has 0 saturated carbocycles. The number of tetrazole rings is 1. The van der Waals surface area contributed by atoms with Crippen LogP contribution in [-0.2, 0) is 11.2 Å². The van der Waals surface area contributed by atoms with E-state index in [4.69, 9.17) is 5.26 Å². The SMILES string of the molecule is CC(=O)N1CCc2cc(NC=C(C#N)c3nn[nH]n3)cc(Br)c21. The summed E-state index contributed by atoms with van der Waals surface area (Å²) in [5.41, 5.74) is 3.05. The molecule has 1 aromatic heterocycles. The standard InChI is InChI=1S/C14H12BrN7O/c1-8(23)22-3-2-9-4-11(5-12(15)13(9)22)17-7-10(6-16)14-18-20-21-19-14/h4-5,7,17H,2-3H2,1H3,(H,18,19,20,21). The van der Waals surface area contributed by atoms with Crippen LogP contribution in [0.4, 0.5) is 11.4 Å². The lowest BCUT2D eigenvalue weighted by Crippen LogP contribution is -2.26. The van der Waals surface area contributed by atoms with Gasteiger partial charge in [-0.05, 0) is 45.3 Å². The third-order valence-corrected chi connectivity index (χ3v) is 4.09. The second-order valence-electron chi connectivity index (χ2n) is 4.94. The minimum absolute atomic E-state index is 0.0222. The maximum Gasteiger partial charge on any atom is 0.223 e. The smallest absolute Gasteiger partial charge is 0.223 e. The molecular weight excluding hydrogens is 362 g/mol. The first kappa shape index (κ1) is 15.2. The molecule has 3 rings (SSSR count). The van der Waals surface area contributed by atoms with Crippen LogP contribution in [0.2, 0.25) is 0 Å². The number of amides is 1. The van der Waals surface area contributed by atoms with Crippen molar-refractivity contribution in [1.82, 2.24) is 20.6 Å². The molecule has 23 heavy (non-hydrogen) atoms. The van der Waals surface area contributed by atoms with Crippen molar-refractivity contribution in [3.05, 3.63) is 34.2 Å². The summed E-state index contributed by atoms with van der Waals surface area (Å²) in [5.74, 6) is 0.247. The van der Waals surface area contributed by atoms with Gasteiger partial charge in [-0.1, -0.05) is 0 Å². The van der Waals surface area contributed by atoms with Crippen molar-refractivity contribution in [2.75, 3.05) is 16.8 Å². The Morgan fingerprint density at radius 2 is 2.39 bits per heavy atom. The van der Waals surface area contributed by atoms with E-state index in [1.807, 2.05) is 18.2 Å². The van der Waals surface area contributed by atoms with E-state index in [9.17, 15) is 4.79 Å². The van der Waals surface area contributed by atoms with E-state index in [1.54, 1.807) is 11.8 Å². The fourth-order valence-corrected chi connectivity index (χ4v) is 3.18. The molecule has 9 heteroatoms. The molecule has 0 atom stereocenters. The van der Waals surface area contributed by atoms with Crippen LogP contribution in [0, 0.1) is 11.3 Å². The lowest BCUT2D eigenvalue weighted by molar-refractivity contribution is -0.116. The Labute approximate surface area is 140 Å². The van der Waals surface area contributed by atoms with E-state index in [0.717, 1.165) is 27.8 Å². The van der Waals surface area contributed by atoms with Crippen molar-refractivity contribution in [2.24, 2.45) is 0 Å². The number of hydrogen-bond acceptors (Lipinski definition) is 6. The Kier molecular flexibility index (Phi) is 4.08. The van der Waals surface area contributed by atoms with Gasteiger partial charge in [-0.25, -0.2) is 0 Å². The monoisotopic (exact) mass is 373 g/mol. The van der Waals surface area contributed by atoms with Crippen molar-refractivity contribution in [1.29, 1.82) is 5.26 Å². The molecule has 0 radical (unpaired) electrons. The van der Waals surface area contributed by atoms with Crippen LogP contribution in [0.25, 0.3) is 5.57 Å². The van der Waals surface area contributed by atoms with Crippen molar-refractivity contribution in [2.45, 2.75) is 13.3 Å². The van der Waals surface area contributed by atoms with Crippen LogP contribution >= 0.6 is 15.9 Å². The summed E-state index contributed by atoms with van der Waals surface area (Å²) in [7, 11) is 0. The van der Waals surface area contributed by atoms with E-state index < -0.39 is 0 Å². The fourth-order valence-electron chi connectivity index (χ4n) is 2.47. The van der Waals surface area contributed by atoms with Gasteiger partial charge in [0.1, 0.15) is 11.6 Å². The largest absolute Gasteiger partial charge is 0.360 e. The predicted octanol–water partition coefficient (Wildman–Crippen LogP) is 1.85. The first-order valence-corrected chi connectivity index (χ1v) is 7.60. The predicted molar refractivity (Wildman–Crippen MR) is 87.3 cm³/mol. The Hall–Kier alpha value is -2.73. The number of aromatic nitrogens is 4. The maximum absolute atomic E-state index is 11.7. The zero-order valence-corrected chi connectivity index (χ0v) is 13.8. The van der Waals surface area contributed by atoms with Crippen molar-refractivity contribution >= 4 is 38.8 Å². The summed E-state index contributed by atoms with van der Waals surface area (Å²) in [6.45, 7) is 2.23. The van der Waals surface area contributed by atoms with Crippen LogP contribution in [-0.4, -0.2) is 33.1 Å². The number of carbonyl (C=O) groups excluding carboxylic acids is 1. The molecule has 1 aromatic carbocycles. The molecule has 8 nitrogen and oxygen atoms in total. The van der Waals surface area contributed by atoms with Crippen LogP contribution in [0.3, 0.4) is 0 Å². The Morgan fingerprint density at radius 1 is 1.57 bits per heavy atom. The second-order valence-corrected chi connectivity index (χ2v) is 5.79. The molecule has 2 heterocycles. The van der Waals surface area contributed by atoms with Crippen LogP contribution in [0.1, 0.15) is 18.3 Å². The number of halogens is 1. The summed E-state index contributed by atoms with van der Waals surface area (Å²) in [5, 5.41) is 25.5. The molecule has 2 N–H and O–H groups in total. The molecule has 0 bridgehead atoms. The number of hydrogen-bond donors (Lipinski definition) is 2. The van der Waals surface area contributed by atoms with Gasteiger partial charge in [-0.15, -0.1) is 10.2 Å². The van der Waals surface area contributed by atoms with Crippen molar-refractivity contribution in [3.8, 4) is 6.07 Å². The molecule has 1 amide bonds. The van der Waals surface area contributed by atoms with E-state index >= 15 is 0 Å². The lowest BCUT2D eigenvalue weighted by atomic mass is 10.1. The quantitative estimate of drug-likeness (QED) is 0.794. The summed E-state index contributed by atoms with van der Waals surface area (Å²) < 4.78 is 0.830. The molecule has 0 saturated heterocycles. The molecule has 2 aromatic rings. The van der Waals surface area contributed by atoms with Gasteiger partial charge in [0.2, 0.25) is 11.7 Å². The average Bonchev–Trinajstić information content (AvgIpc) is 3.17. The zero-order chi connectivity index (χ0) is 16.4.